The largest absolute Gasteiger partial charge is 0.497 e. The van der Waals surface area contributed by atoms with Gasteiger partial charge in [0.15, 0.2) is 18.0 Å². The van der Waals surface area contributed by atoms with Crippen LogP contribution < -0.4 is 4.74 Å². The summed E-state index contributed by atoms with van der Waals surface area (Å²) in [6.45, 7) is 7.52. The van der Waals surface area contributed by atoms with Gasteiger partial charge in [-0.3, -0.25) is 19.2 Å². The molecule has 0 spiro atoms. The lowest BCUT2D eigenvalue weighted by Gasteiger charge is -2.35. The molecule has 0 aromatic heterocycles. The van der Waals surface area contributed by atoms with Gasteiger partial charge >= 0.3 is 17.9 Å². The highest BCUT2D eigenvalue weighted by Gasteiger charge is 2.54. The fraction of sp³-hybridized carbons (Fsp3) is 0.459. The van der Waals surface area contributed by atoms with E-state index in [0.29, 0.717) is 12.2 Å². The molecule has 2 unspecified atom stereocenters. The van der Waals surface area contributed by atoms with Crippen molar-refractivity contribution in [3.05, 3.63) is 90.5 Å². The molecule has 1 saturated heterocycles. The van der Waals surface area contributed by atoms with Crippen LogP contribution in [-0.4, -0.2) is 86.2 Å². The third-order valence-electron chi connectivity index (χ3n) is 7.93. The first kappa shape index (κ1) is 37.5. The van der Waals surface area contributed by atoms with E-state index in [1.165, 1.54) is 26.8 Å². The molecule has 0 amide bonds. The van der Waals surface area contributed by atoms with Gasteiger partial charge in [0.1, 0.15) is 36.8 Å². The van der Waals surface area contributed by atoms with Gasteiger partial charge in [-0.05, 0) is 35.8 Å². The summed E-state index contributed by atoms with van der Waals surface area (Å²) in [5.74, 6) is -1.54. The zero-order valence-electron chi connectivity index (χ0n) is 28.2. The number of ether oxygens (including phenoxy) is 8. The Morgan fingerprint density at radius 3 is 2.12 bits per heavy atom. The molecule has 0 bridgehead atoms. The highest BCUT2D eigenvalue weighted by atomic mass is 16.6. The number of esters is 3. The molecule has 12 heteroatoms. The van der Waals surface area contributed by atoms with Gasteiger partial charge in [-0.15, -0.1) is 6.58 Å². The van der Waals surface area contributed by atoms with Crippen LogP contribution in [0.5, 0.6) is 5.75 Å². The fourth-order valence-corrected chi connectivity index (χ4v) is 5.76. The summed E-state index contributed by atoms with van der Waals surface area (Å²) in [5.41, 5.74) is 1.68. The molecule has 1 fully saturated rings. The molecule has 2 heterocycles. The van der Waals surface area contributed by atoms with E-state index in [1.54, 1.807) is 31.4 Å². The number of hydrogen-bond donors (Lipinski definition) is 0. The second kappa shape index (κ2) is 18.4. The van der Waals surface area contributed by atoms with E-state index in [0.717, 1.165) is 11.1 Å². The number of rotatable bonds is 17. The minimum Gasteiger partial charge on any atom is -0.497 e. The molecule has 0 N–H and O–H groups in total. The SMILES string of the molecule is C=CCC1C=CC(=O)[C@@H]([C@@H](OC(C)=O)[C@@H]2O[C@H](CC(COC(C)=O)OC(C)=O)[C@H](OCc3ccccc3)[C@H]2OCc2ccc(OC)cc2)O1. The Hall–Kier alpha value is -4.36. The number of benzene rings is 2. The minimum absolute atomic E-state index is 0.0243. The van der Waals surface area contributed by atoms with Crippen molar-refractivity contribution in [3.63, 3.8) is 0 Å². The van der Waals surface area contributed by atoms with E-state index in [1.807, 2.05) is 42.5 Å². The van der Waals surface area contributed by atoms with Gasteiger partial charge in [0.25, 0.3) is 0 Å². The Bertz CT molecular complexity index is 1440. The maximum Gasteiger partial charge on any atom is 0.303 e. The third-order valence-corrected chi connectivity index (χ3v) is 7.93. The summed E-state index contributed by atoms with van der Waals surface area (Å²) in [6.07, 6.45) is -2.42. The number of carbonyl (C=O) groups excluding carboxylic acids is 4. The molecule has 0 radical (unpaired) electrons. The smallest absolute Gasteiger partial charge is 0.303 e. The number of ketones is 1. The summed E-state index contributed by atoms with van der Waals surface area (Å²) in [5, 5.41) is 0. The molecular formula is C37H44O12. The second-order valence-electron chi connectivity index (χ2n) is 11.7. The second-order valence-corrected chi connectivity index (χ2v) is 11.7. The van der Waals surface area contributed by atoms with Gasteiger partial charge in [-0.25, -0.2) is 0 Å². The summed E-state index contributed by atoms with van der Waals surface area (Å²) in [4.78, 5) is 49.6. The summed E-state index contributed by atoms with van der Waals surface area (Å²) in [7, 11) is 1.57. The molecule has 4 rings (SSSR count). The first-order chi connectivity index (χ1) is 23.6. The topological polar surface area (TPSA) is 142 Å². The Labute approximate surface area is 286 Å². The van der Waals surface area contributed by atoms with Crippen LogP contribution in [0, 0.1) is 0 Å². The van der Waals surface area contributed by atoms with Crippen LogP contribution in [0.15, 0.2) is 79.4 Å². The van der Waals surface area contributed by atoms with Crippen molar-refractivity contribution >= 4 is 23.7 Å². The third kappa shape index (κ3) is 11.1. The van der Waals surface area contributed by atoms with E-state index >= 15 is 0 Å². The van der Waals surface area contributed by atoms with E-state index in [-0.39, 0.29) is 26.2 Å². The van der Waals surface area contributed by atoms with Crippen LogP contribution in [0.25, 0.3) is 0 Å². The molecular weight excluding hydrogens is 636 g/mol. The lowest BCUT2D eigenvalue weighted by molar-refractivity contribution is -0.186. The molecule has 8 atom stereocenters. The molecule has 2 aromatic rings. The zero-order valence-corrected chi connectivity index (χ0v) is 28.2. The highest BCUT2D eigenvalue weighted by molar-refractivity contribution is 5.95. The summed E-state index contributed by atoms with van der Waals surface area (Å²) >= 11 is 0. The normalized spacial score (nSPS) is 24.4. The van der Waals surface area contributed by atoms with Crippen LogP contribution >= 0.6 is 0 Å². The van der Waals surface area contributed by atoms with Crippen LogP contribution in [-0.2, 0) is 65.5 Å². The number of methoxy groups -OCH3 is 1. The molecule has 49 heavy (non-hydrogen) atoms. The van der Waals surface area contributed by atoms with Gasteiger partial charge < -0.3 is 37.9 Å². The standard InChI is InChI=1S/C37H44O12/c1-6-10-29-17-18-31(41)33(48-29)36(47-25(4)40)37-35(45-21-27-13-15-28(42-5)16-14-27)34(44-20-26-11-8-7-9-12-26)32(49-37)19-30(46-24(3)39)22-43-23(2)38/h6-9,11-18,29-30,32-37H,1,10,19-22H2,2-5H3/t29?,30?,32-,33+,34+,35-,36-,37-/m1/s1. The van der Waals surface area contributed by atoms with Crippen LogP contribution in [0.4, 0.5) is 0 Å². The van der Waals surface area contributed by atoms with Crippen molar-refractivity contribution in [3.8, 4) is 5.75 Å². The lowest BCUT2D eigenvalue weighted by atomic mass is 9.94. The van der Waals surface area contributed by atoms with Crippen molar-refractivity contribution in [2.45, 2.75) is 95.7 Å². The van der Waals surface area contributed by atoms with Crippen molar-refractivity contribution in [2.24, 2.45) is 0 Å². The van der Waals surface area contributed by atoms with Gasteiger partial charge in [0, 0.05) is 27.2 Å². The van der Waals surface area contributed by atoms with Crippen molar-refractivity contribution < 1.29 is 57.1 Å². The molecule has 2 aliphatic rings. The van der Waals surface area contributed by atoms with Crippen LogP contribution in [0.2, 0.25) is 0 Å². The summed E-state index contributed by atoms with van der Waals surface area (Å²) in [6, 6.07) is 16.8. The summed E-state index contributed by atoms with van der Waals surface area (Å²) < 4.78 is 47.6. The highest BCUT2D eigenvalue weighted by Crippen LogP contribution is 2.36. The van der Waals surface area contributed by atoms with E-state index in [9.17, 15) is 19.2 Å². The fourth-order valence-electron chi connectivity index (χ4n) is 5.76. The van der Waals surface area contributed by atoms with Gasteiger partial charge in [-0.1, -0.05) is 54.6 Å². The molecule has 264 valence electrons. The maximum atomic E-state index is 13.3. The van der Waals surface area contributed by atoms with Crippen molar-refractivity contribution in [1.29, 1.82) is 0 Å². The lowest BCUT2D eigenvalue weighted by Crippen LogP contribution is -2.53. The molecule has 0 saturated carbocycles. The van der Waals surface area contributed by atoms with Crippen LogP contribution in [0.3, 0.4) is 0 Å². The van der Waals surface area contributed by atoms with E-state index in [4.69, 9.17) is 37.9 Å². The Morgan fingerprint density at radius 1 is 0.857 bits per heavy atom. The van der Waals surface area contributed by atoms with Gasteiger partial charge in [0.2, 0.25) is 0 Å². The molecule has 12 nitrogen and oxygen atoms in total. The van der Waals surface area contributed by atoms with Gasteiger partial charge in [-0.2, -0.15) is 0 Å². The Morgan fingerprint density at radius 2 is 1.51 bits per heavy atom. The average Bonchev–Trinajstić information content (AvgIpc) is 3.41. The molecule has 2 aliphatic heterocycles. The quantitative estimate of drug-likeness (QED) is 0.134. The van der Waals surface area contributed by atoms with Crippen molar-refractivity contribution in [1.82, 2.24) is 0 Å². The number of carbonyl (C=O) groups is 4. The molecule has 2 aromatic carbocycles. The van der Waals surface area contributed by atoms with Gasteiger partial charge in [0.05, 0.1) is 32.5 Å². The Kier molecular flexibility index (Phi) is 14.1. The molecule has 0 aliphatic carbocycles. The van der Waals surface area contributed by atoms with Crippen molar-refractivity contribution in [2.75, 3.05) is 13.7 Å². The number of hydrogen-bond acceptors (Lipinski definition) is 12. The predicted molar refractivity (Wildman–Crippen MR) is 175 cm³/mol. The minimum atomic E-state index is -1.25. The zero-order chi connectivity index (χ0) is 35.3. The first-order valence-electron chi connectivity index (χ1n) is 16.1. The Balaban J connectivity index is 1.74. The average molecular weight is 681 g/mol. The van der Waals surface area contributed by atoms with E-state index in [2.05, 4.69) is 6.58 Å². The first-order valence-corrected chi connectivity index (χ1v) is 16.1. The van der Waals surface area contributed by atoms with E-state index < -0.39 is 72.5 Å². The predicted octanol–water partition coefficient (Wildman–Crippen LogP) is 4.22. The maximum absolute atomic E-state index is 13.3. The van der Waals surface area contributed by atoms with Crippen LogP contribution in [0.1, 0.15) is 44.7 Å². The monoisotopic (exact) mass is 680 g/mol.